The Labute approximate surface area is 89.7 Å². The lowest BCUT2D eigenvalue weighted by Crippen LogP contribution is -2.35. The molecule has 0 radical (unpaired) electrons. The van der Waals surface area contributed by atoms with Crippen LogP contribution < -0.4 is 0 Å². The summed E-state index contributed by atoms with van der Waals surface area (Å²) in [5.41, 5.74) is 0. The van der Waals surface area contributed by atoms with Crippen LogP contribution in [0, 0.1) is 5.92 Å². The van der Waals surface area contributed by atoms with E-state index in [1.807, 2.05) is 32.6 Å². The van der Waals surface area contributed by atoms with Gasteiger partial charge in [-0.15, -0.1) is 0 Å². The maximum absolute atomic E-state index is 11.5. The van der Waals surface area contributed by atoms with Crippen molar-refractivity contribution >= 4 is 5.91 Å². The summed E-state index contributed by atoms with van der Waals surface area (Å²) < 4.78 is 0. The summed E-state index contributed by atoms with van der Waals surface area (Å²) >= 11 is 0. The molecule has 0 aromatic carbocycles. The Morgan fingerprint density at radius 3 is 1.64 bits per heavy atom. The minimum atomic E-state index is 0.142. The summed E-state index contributed by atoms with van der Waals surface area (Å²) in [4.78, 5) is 13.5. The molecule has 0 aromatic rings. The molecule has 2 nitrogen and oxygen atoms in total. The fourth-order valence-electron chi connectivity index (χ4n) is 1.24. The molecule has 1 amide bonds. The highest BCUT2D eigenvalue weighted by atomic mass is 16.2. The monoisotopic (exact) mass is 201 g/mol. The second-order valence-electron chi connectivity index (χ2n) is 3.48. The first kappa shape index (κ1) is 15.9. The molecule has 14 heavy (non-hydrogen) atoms. The zero-order valence-corrected chi connectivity index (χ0v) is 10.8. The zero-order chi connectivity index (χ0) is 11.6. The van der Waals surface area contributed by atoms with Crippen LogP contribution in [-0.2, 0) is 4.79 Å². The Balaban J connectivity index is 0. The molecule has 0 aromatic heterocycles. The van der Waals surface area contributed by atoms with Gasteiger partial charge in [0, 0.05) is 19.0 Å². The van der Waals surface area contributed by atoms with Crippen LogP contribution in [0.1, 0.15) is 54.4 Å². The molecule has 0 atom stereocenters. The Bertz CT molecular complexity index is 126. The molecule has 0 fully saturated rings. The highest BCUT2D eigenvalue weighted by Gasteiger charge is 2.14. The van der Waals surface area contributed by atoms with Crippen molar-refractivity contribution in [3.05, 3.63) is 0 Å². The van der Waals surface area contributed by atoms with E-state index in [9.17, 15) is 4.79 Å². The average Bonchev–Trinajstić information content (AvgIpc) is 2.19. The van der Waals surface area contributed by atoms with Crippen LogP contribution in [0.25, 0.3) is 0 Å². The molecular formula is C12H27NO. The lowest BCUT2D eigenvalue weighted by Gasteiger charge is -2.23. The molecule has 0 saturated heterocycles. The number of carbonyl (C=O) groups excluding carboxylic acids is 1. The molecule has 0 saturated carbocycles. The van der Waals surface area contributed by atoms with Crippen LogP contribution in [0.2, 0.25) is 0 Å². The second kappa shape index (κ2) is 10.6. The lowest BCUT2D eigenvalue weighted by atomic mass is 10.2. The molecule has 2 heteroatoms. The summed E-state index contributed by atoms with van der Waals surface area (Å²) in [6.07, 6.45) is 2.11. The standard InChI is InChI=1S/C10H21NO.C2H6/c1-5-7-11(8-6-2)10(12)9(3)4;1-2/h9H,5-8H2,1-4H3;1-2H3. The smallest absolute Gasteiger partial charge is 0.225 e. The van der Waals surface area contributed by atoms with Gasteiger partial charge in [-0.2, -0.15) is 0 Å². The number of hydrogen-bond donors (Lipinski definition) is 0. The summed E-state index contributed by atoms with van der Waals surface area (Å²) in [5, 5.41) is 0. The van der Waals surface area contributed by atoms with E-state index in [0.29, 0.717) is 5.91 Å². The molecule has 0 rings (SSSR count). The minimum absolute atomic E-state index is 0.142. The third-order valence-corrected chi connectivity index (χ3v) is 1.79. The SMILES string of the molecule is CC.CCCN(CCC)C(=O)C(C)C. The van der Waals surface area contributed by atoms with Crippen molar-refractivity contribution in [3.8, 4) is 0 Å². The molecule has 0 unspecified atom stereocenters. The molecule has 0 N–H and O–H groups in total. The van der Waals surface area contributed by atoms with Gasteiger partial charge in [0.15, 0.2) is 0 Å². The third-order valence-electron chi connectivity index (χ3n) is 1.79. The Morgan fingerprint density at radius 1 is 1.07 bits per heavy atom. The molecule has 0 bridgehead atoms. The van der Waals surface area contributed by atoms with E-state index >= 15 is 0 Å². The molecular weight excluding hydrogens is 174 g/mol. The topological polar surface area (TPSA) is 20.3 Å². The van der Waals surface area contributed by atoms with E-state index in [1.165, 1.54) is 0 Å². The number of amides is 1. The van der Waals surface area contributed by atoms with Crippen LogP contribution in [0.5, 0.6) is 0 Å². The van der Waals surface area contributed by atoms with E-state index < -0.39 is 0 Å². The van der Waals surface area contributed by atoms with Crippen LogP contribution in [0.15, 0.2) is 0 Å². The predicted octanol–water partition coefficient (Wildman–Crippen LogP) is 3.32. The second-order valence-corrected chi connectivity index (χ2v) is 3.48. The molecule has 0 heterocycles. The maximum Gasteiger partial charge on any atom is 0.225 e. The third kappa shape index (κ3) is 6.93. The van der Waals surface area contributed by atoms with Gasteiger partial charge in [-0.1, -0.05) is 41.5 Å². The Kier molecular flexibility index (Phi) is 12.0. The maximum atomic E-state index is 11.5. The van der Waals surface area contributed by atoms with Gasteiger partial charge in [-0.25, -0.2) is 0 Å². The molecule has 86 valence electrons. The predicted molar refractivity (Wildman–Crippen MR) is 63.3 cm³/mol. The van der Waals surface area contributed by atoms with Crippen LogP contribution in [0.4, 0.5) is 0 Å². The van der Waals surface area contributed by atoms with Crippen LogP contribution in [-0.4, -0.2) is 23.9 Å². The van der Waals surface area contributed by atoms with Crippen LogP contribution in [0.3, 0.4) is 0 Å². The van der Waals surface area contributed by atoms with E-state index in [4.69, 9.17) is 0 Å². The van der Waals surface area contributed by atoms with Crippen molar-refractivity contribution in [1.82, 2.24) is 4.90 Å². The molecule has 0 aliphatic carbocycles. The van der Waals surface area contributed by atoms with Gasteiger partial charge in [0.05, 0.1) is 0 Å². The molecule has 0 spiro atoms. The van der Waals surface area contributed by atoms with Gasteiger partial charge in [-0.3, -0.25) is 4.79 Å². The van der Waals surface area contributed by atoms with Gasteiger partial charge in [0.1, 0.15) is 0 Å². The Hall–Kier alpha value is -0.530. The van der Waals surface area contributed by atoms with Crippen molar-refractivity contribution in [2.45, 2.75) is 54.4 Å². The van der Waals surface area contributed by atoms with Gasteiger partial charge in [-0.05, 0) is 12.8 Å². The number of hydrogen-bond acceptors (Lipinski definition) is 1. The molecule has 0 aliphatic heterocycles. The van der Waals surface area contributed by atoms with Crippen molar-refractivity contribution in [2.24, 2.45) is 5.92 Å². The van der Waals surface area contributed by atoms with Gasteiger partial charge in [0.25, 0.3) is 0 Å². The lowest BCUT2D eigenvalue weighted by molar-refractivity contribution is -0.134. The van der Waals surface area contributed by atoms with E-state index in [1.54, 1.807) is 0 Å². The van der Waals surface area contributed by atoms with Crippen molar-refractivity contribution < 1.29 is 4.79 Å². The fourth-order valence-corrected chi connectivity index (χ4v) is 1.24. The van der Waals surface area contributed by atoms with E-state index in [-0.39, 0.29) is 5.92 Å². The quantitative estimate of drug-likeness (QED) is 0.668. The average molecular weight is 201 g/mol. The van der Waals surface area contributed by atoms with Crippen molar-refractivity contribution in [1.29, 1.82) is 0 Å². The van der Waals surface area contributed by atoms with E-state index in [2.05, 4.69) is 13.8 Å². The number of rotatable bonds is 5. The van der Waals surface area contributed by atoms with E-state index in [0.717, 1.165) is 25.9 Å². The highest BCUT2D eigenvalue weighted by Crippen LogP contribution is 2.03. The zero-order valence-electron chi connectivity index (χ0n) is 10.8. The highest BCUT2D eigenvalue weighted by molar-refractivity contribution is 5.78. The van der Waals surface area contributed by atoms with Gasteiger partial charge >= 0.3 is 0 Å². The van der Waals surface area contributed by atoms with Crippen molar-refractivity contribution in [2.75, 3.05) is 13.1 Å². The van der Waals surface area contributed by atoms with Crippen molar-refractivity contribution in [3.63, 3.8) is 0 Å². The summed E-state index contributed by atoms with van der Waals surface area (Å²) in [6.45, 7) is 13.9. The van der Waals surface area contributed by atoms with Crippen LogP contribution >= 0.6 is 0 Å². The largest absolute Gasteiger partial charge is 0.343 e. The first-order valence-electron chi connectivity index (χ1n) is 5.92. The summed E-state index contributed by atoms with van der Waals surface area (Å²) in [5.74, 6) is 0.432. The summed E-state index contributed by atoms with van der Waals surface area (Å²) in [6, 6.07) is 0. The van der Waals surface area contributed by atoms with Gasteiger partial charge in [0.2, 0.25) is 5.91 Å². The number of nitrogens with zero attached hydrogens (tertiary/aromatic N) is 1. The summed E-state index contributed by atoms with van der Waals surface area (Å²) in [7, 11) is 0. The Morgan fingerprint density at radius 2 is 1.43 bits per heavy atom. The molecule has 0 aliphatic rings. The minimum Gasteiger partial charge on any atom is -0.343 e. The fraction of sp³-hybridized carbons (Fsp3) is 0.917. The normalized spacial score (nSPS) is 9.36. The first-order chi connectivity index (χ1) is 6.63. The van der Waals surface area contributed by atoms with Gasteiger partial charge < -0.3 is 4.90 Å². The first-order valence-corrected chi connectivity index (χ1v) is 5.92. The number of carbonyl (C=O) groups is 1.